The predicted octanol–water partition coefficient (Wildman–Crippen LogP) is 1.41. The van der Waals surface area contributed by atoms with Crippen LogP contribution in [-0.2, 0) is 4.74 Å². The van der Waals surface area contributed by atoms with Crippen LogP contribution in [0.1, 0.15) is 17.3 Å². The van der Waals surface area contributed by atoms with Gasteiger partial charge in [-0.1, -0.05) is 0 Å². The van der Waals surface area contributed by atoms with E-state index in [1.54, 1.807) is 20.0 Å². The summed E-state index contributed by atoms with van der Waals surface area (Å²) in [7, 11) is 3.72. The van der Waals surface area contributed by atoms with Crippen LogP contribution < -0.4 is 15.8 Å². The molecule has 0 bridgehead atoms. The number of fused-ring (bicyclic) bond motifs is 1. The Morgan fingerprint density at radius 1 is 1.27 bits per heavy atom. The van der Waals surface area contributed by atoms with Crippen molar-refractivity contribution in [1.82, 2.24) is 9.30 Å². The lowest BCUT2D eigenvalue weighted by atomic mass is 10.2. The van der Waals surface area contributed by atoms with Crippen LogP contribution in [0.4, 0.5) is 15.8 Å². The molecule has 8 heteroatoms. The molecule has 0 saturated carbocycles. The van der Waals surface area contributed by atoms with Crippen LogP contribution in [0.15, 0.2) is 23.1 Å². The first-order valence-corrected chi connectivity index (χ1v) is 8.63. The molecule has 3 rings (SSSR count). The van der Waals surface area contributed by atoms with Crippen LogP contribution in [-0.4, -0.2) is 62.2 Å². The first-order valence-electron chi connectivity index (χ1n) is 8.63. The second-order valence-electron chi connectivity index (χ2n) is 6.30. The Morgan fingerprint density at radius 3 is 2.58 bits per heavy atom. The minimum Gasteiger partial charge on any atom is -0.462 e. The summed E-state index contributed by atoms with van der Waals surface area (Å²) in [5, 5.41) is 2.97. The summed E-state index contributed by atoms with van der Waals surface area (Å²) in [6.45, 7) is 4.94. The number of ether oxygens (including phenoxy) is 1. The Kier molecular flexibility index (Phi) is 5.13. The van der Waals surface area contributed by atoms with Gasteiger partial charge in [-0.15, -0.1) is 0 Å². The van der Waals surface area contributed by atoms with Gasteiger partial charge in [-0.2, -0.15) is 0 Å². The summed E-state index contributed by atoms with van der Waals surface area (Å²) < 4.78 is 20.8. The average molecular weight is 362 g/mol. The number of nitrogens with zero attached hydrogens (tertiary/aromatic N) is 3. The molecule has 1 N–H and O–H groups in total. The normalized spacial score (nSPS) is 15.3. The minimum atomic E-state index is -0.716. The molecule has 26 heavy (non-hydrogen) atoms. The summed E-state index contributed by atoms with van der Waals surface area (Å²) in [5.74, 6) is -1.21. The molecule has 0 aromatic carbocycles. The molecule has 0 unspecified atom stereocenters. The van der Waals surface area contributed by atoms with Gasteiger partial charge in [-0.3, -0.25) is 9.20 Å². The van der Waals surface area contributed by atoms with Gasteiger partial charge in [0.2, 0.25) is 0 Å². The van der Waals surface area contributed by atoms with E-state index >= 15 is 0 Å². The van der Waals surface area contributed by atoms with Crippen molar-refractivity contribution in [3.8, 4) is 0 Å². The molecule has 0 atom stereocenters. The van der Waals surface area contributed by atoms with E-state index in [2.05, 4.69) is 10.2 Å². The molecule has 2 aromatic rings. The van der Waals surface area contributed by atoms with Crippen molar-refractivity contribution in [2.75, 3.05) is 57.1 Å². The molecule has 3 heterocycles. The zero-order valence-corrected chi connectivity index (χ0v) is 15.2. The van der Waals surface area contributed by atoms with Crippen LogP contribution in [0.5, 0.6) is 0 Å². The number of piperazine rings is 1. The molecule has 7 nitrogen and oxygen atoms in total. The summed E-state index contributed by atoms with van der Waals surface area (Å²) in [5.41, 5.74) is 0.809. The van der Waals surface area contributed by atoms with Crippen molar-refractivity contribution >= 4 is 22.9 Å². The second-order valence-corrected chi connectivity index (χ2v) is 6.30. The molecular formula is C18H23FN4O3. The van der Waals surface area contributed by atoms with Crippen LogP contribution in [0.3, 0.4) is 0 Å². The predicted molar refractivity (Wildman–Crippen MR) is 98.8 cm³/mol. The number of hydrogen-bond donors (Lipinski definition) is 1. The van der Waals surface area contributed by atoms with Crippen molar-refractivity contribution in [2.24, 2.45) is 0 Å². The largest absolute Gasteiger partial charge is 0.462 e. The van der Waals surface area contributed by atoms with E-state index in [4.69, 9.17) is 4.74 Å². The van der Waals surface area contributed by atoms with Gasteiger partial charge in [-0.05, 0) is 26.1 Å². The standard InChI is InChI=1S/C18H23FN4O3/c1-4-26-18(25)12-9-14(20-2)16-10-15(13(19)11-23(16)17(12)24)22-7-5-21(3)6-8-22/h9-11,20H,4-8H2,1-3H3. The number of rotatable bonds is 4. The van der Waals surface area contributed by atoms with Crippen LogP contribution in [0.25, 0.3) is 5.52 Å². The van der Waals surface area contributed by atoms with E-state index in [1.165, 1.54) is 6.07 Å². The third-order valence-electron chi connectivity index (χ3n) is 4.64. The van der Waals surface area contributed by atoms with E-state index in [0.29, 0.717) is 30.0 Å². The van der Waals surface area contributed by atoms with E-state index < -0.39 is 17.3 Å². The summed E-state index contributed by atoms with van der Waals surface area (Å²) >= 11 is 0. The highest BCUT2D eigenvalue weighted by atomic mass is 19.1. The third kappa shape index (κ3) is 3.24. The fraction of sp³-hybridized carbons (Fsp3) is 0.444. The zero-order valence-electron chi connectivity index (χ0n) is 15.2. The maximum absolute atomic E-state index is 14.7. The van der Waals surface area contributed by atoms with E-state index in [9.17, 15) is 14.0 Å². The molecular weight excluding hydrogens is 339 g/mol. The maximum Gasteiger partial charge on any atom is 0.343 e. The quantitative estimate of drug-likeness (QED) is 0.830. The average Bonchev–Trinajstić information content (AvgIpc) is 2.63. The van der Waals surface area contributed by atoms with Gasteiger partial charge >= 0.3 is 5.97 Å². The van der Waals surface area contributed by atoms with Crippen LogP contribution >= 0.6 is 0 Å². The Bertz CT molecular complexity index is 888. The topological polar surface area (TPSA) is 66.3 Å². The summed E-state index contributed by atoms with van der Waals surface area (Å²) in [6.07, 6.45) is 1.15. The Balaban J connectivity index is 2.13. The number of hydrogen-bond acceptors (Lipinski definition) is 6. The highest BCUT2D eigenvalue weighted by Crippen LogP contribution is 2.26. The molecule has 0 amide bonds. The molecule has 0 spiro atoms. The smallest absolute Gasteiger partial charge is 0.343 e. The minimum absolute atomic E-state index is 0.125. The highest BCUT2D eigenvalue weighted by Gasteiger charge is 2.21. The molecule has 1 aliphatic heterocycles. The van der Waals surface area contributed by atoms with Crippen molar-refractivity contribution < 1.29 is 13.9 Å². The van der Waals surface area contributed by atoms with Crippen molar-refractivity contribution in [3.05, 3.63) is 40.1 Å². The van der Waals surface area contributed by atoms with E-state index in [0.717, 1.165) is 23.7 Å². The number of carbonyl (C=O) groups is 1. The van der Waals surface area contributed by atoms with Gasteiger partial charge in [0.1, 0.15) is 5.56 Å². The zero-order chi connectivity index (χ0) is 18.8. The van der Waals surface area contributed by atoms with Crippen LogP contribution in [0.2, 0.25) is 0 Å². The van der Waals surface area contributed by atoms with E-state index in [-0.39, 0.29) is 12.2 Å². The lowest BCUT2D eigenvalue weighted by Gasteiger charge is -2.34. The fourth-order valence-corrected chi connectivity index (χ4v) is 3.15. The number of halogens is 1. The van der Waals surface area contributed by atoms with Gasteiger partial charge in [0, 0.05) is 33.2 Å². The van der Waals surface area contributed by atoms with E-state index in [1.807, 2.05) is 11.9 Å². The fourth-order valence-electron chi connectivity index (χ4n) is 3.15. The lowest BCUT2D eigenvalue weighted by molar-refractivity contribution is 0.0524. The molecule has 140 valence electrons. The first-order chi connectivity index (χ1) is 12.5. The Labute approximate surface area is 151 Å². The van der Waals surface area contributed by atoms with Gasteiger partial charge < -0.3 is 19.9 Å². The summed E-state index contributed by atoms with van der Waals surface area (Å²) in [4.78, 5) is 28.8. The Morgan fingerprint density at radius 2 is 1.96 bits per heavy atom. The molecule has 1 fully saturated rings. The third-order valence-corrected chi connectivity index (χ3v) is 4.64. The maximum atomic E-state index is 14.7. The lowest BCUT2D eigenvalue weighted by Crippen LogP contribution is -2.44. The highest BCUT2D eigenvalue weighted by molar-refractivity contribution is 5.92. The van der Waals surface area contributed by atoms with Gasteiger partial charge in [0.25, 0.3) is 5.56 Å². The first kappa shape index (κ1) is 18.2. The molecule has 0 radical (unpaired) electrons. The molecule has 1 aliphatic rings. The molecule has 2 aromatic heterocycles. The summed E-state index contributed by atoms with van der Waals surface area (Å²) in [6, 6.07) is 3.12. The van der Waals surface area contributed by atoms with Crippen molar-refractivity contribution in [1.29, 1.82) is 0 Å². The number of likely N-dealkylation sites (N-methyl/N-ethyl adjacent to an activating group) is 1. The second kappa shape index (κ2) is 7.33. The van der Waals surface area contributed by atoms with Gasteiger partial charge in [0.05, 0.1) is 29.7 Å². The SMILES string of the molecule is CCOC(=O)c1cc(NC)c2cc(N3CCN(C)CC3)c(F)cn2c1=O. The number of carbonyl (C=O) groups excluding carboxylic acids is 1. The van der Waals surface area contributed by atoms with Gasteiger partial charge in [-0.25, -0.2) is 9.18 Å². The number of esters is 1. The van der Waals surface area contributed by atoms with Gasteiger partial charge in [0.15, 0.2) is 5.82 Å². The number of anilines is 2. The number of pyridine rings is 2. The number of nitrogens with one attached hydrogen (secondary N) is 1. The number of aromatic nitrogens is 1. The van der Waals surface area contributed by atoms with Crippen LogP contribution in [0, 0.1) is 5.82 Å². The monoisotopic (exact) mass is 362 g/mol. The molecule has 1 saturated heterocycles. The Hall–Kier alpha value is -2.61. The van der Waals surface area contributed by atoms with Crippen molar-refractivity contribution in [2.45, 2.75) is 6.92 Å². The van der Waals surface area contributed by atoms with Crippen molar-refractivity contribution in [3.63, 3.8) is 0 Å². The molecule has 0 aliphatic carbocycles.